The molecule has 0 saturated carbocycles. The zero-order valence-corrected chi connectivity index (χ0v) is 18.7. The first-order chi connectivity index (χ1) is 15.1. The van der Waals surface area contributed by atoms with Crippen LogP contribution in [0.3, 0.4) is 0 Å². The van der Waals surface area contributed by atoms with Crippen molar-refractivity contribution in [1.29, 1.82) is 0 Å². The minimum atomic E-state index is -0.249. The third-order valence-electron chi connectivity index (χ3n) is 5.60. The molecule has 0 radical (unpaired) electrons. The molecule has 4 nitrogen and oxygen atoms in total. The summed E-state index contributed by atoms with van der Waals surface area (Å²) in [5.74, 6) is 0.270. The predicted octanol–water partition coefficient (Wildman–Crippen LogP) is 6.55. The first-order valence-corrected chi connectivity index (χ1v) is 11.3. The Bertz CT molecular complexity index is 1240. The number of pyridine rings is 1. The van der Waals surface area contributed by atoms with Crippen LogP contribution in [0, 0.1) is 6.92 Å². The Balaban J connectivity index is 1.67. The van der Waals surface area contributed by atoms with Crippen LogP contribution in [-0.4, -0.2) is 17.1 Å². The predicted molar refractivity (Wildman–Crippen MR) is 130 cm³/mol. The molecule has 0 aliphatic carbocycles. The fraction of sp³-hybridized carbons (Fsp3) is 0.192. The molecule has 1 unspecified atom stereocenters. The Labute approximate surface area is 186 Å². The van der Waals surface area contributed by atoms with Crippen LogP contribution < -0.4 is 5.43 Å². The maximum atomic E-state index is 13.0. The van der Waals surface area contributed by atoms with Gasteiger partial charge in [0.05, 0.1) is 23.0 Å². The van der Waals surface area contributed by atoms with Gasteiger partial charge in [0.25, 0.3) is 5.91 Å². The van der Waals surface area contributed by atoms with Crippen molar-refractivity contribution in [2.24, 2.45) is 5.10 Å². The minimum absolute atomic E-state index is 0.249. The molecule has 31 heavy (non-hydrogen) atoms. The van der Waals surface area contributed by atoms with E-state index in [0.29, 0.717) is 11.5 Å². The number of amides is 1. The van der Waals surface area contributed by atoms with Crippen LogP contribution in [0.15, 0.2) is 71.1 Å². The minimum Gasteiger partial charge on any atom is -0.267 e. The van der Waals surface area contributed by atoms with E-state index in [1.54, 1.807) is 17.6 Å². The molecule has 0 fully saturated rings. The molecule has 2 heterocycles. The maximum absolute atomic E-state index is 13.0. The molecule has 0 saturated heterocycles. The molecule has 0 aliphatic heterocycles. The normalized spacial score (nSPS) is 12.4. The molecular formula is C26H25N3OS. The van der Waals surface area contributed by atoms with E-state index in [1.165, 1.54) is 5.56 Å². The largest absolute Gasteiger partial charge is 0.272 e. The average Bonchev–Trinajstić information content (AvgIpc) is 3.22. The summed E-state index contributed by atoms with van der Waals surface area (Å²) in [5, 5.41) is 6.98. The number of aromatic nitrogens is 1. The van der Waals surface area contributed by atoms with Gasteiger partial charge in [0, 0.05) is 15.8 Å². The fourth-order valence-electron chi connectivity index (χ4n) is 3.46. The van der Waals surface area contributed by atoms with Crippen LogP contribution in [0.2, 0.25) is 0 Å². The molecule has 2 aromatic heterocycles. The van der Waals surface area contributed by atoms with Gasteiger partial charge in [-0.15, -0.1) is 11.3 Å². The van der Waals surface area contributed by atoms with Crippen LogP contribution in [-0.2, 0) is 0 Å². The summed E-state index contributed by atoms with van der Waals surface area (Å²) in [4.78, 5) is 18.8. The number of benzene rings is 2. The molecule has 0 spiro atoms. The van der Waals surface area contributed by atoms with Gasteiger partial charge >= 0.3 is 0 Å². The van der Waals surface area contributed by atoms with E-state index >= 15 is 0 Å². The Morgan fingerprint density at radius 1 is 1.16 bits per heavy atom. The van der Waals surface area contributed by atoms with Crippen LogP contribution in [0.1, 0.15) is 52.5 Å². The van der Waals surface area contributed by atoms with Gasteiger partial charge in [0.1, 0.15) is 0 Å². The van der Waals surface area contributed by atoms with E-state index in [9.17, 15) is 4.79 Å². The highest BCUT2D eigenvalue weighted by Crippen LogP contribution is 2.27. The first kappa shape index (κ1) is 20.9. The van der Waals surface area contributed by atoms with Crippen molar-refractivity contribution >= 4 is 34.4 Å². The quantitative estimate of drug-likeness (QED) is 0.280. The van der Waals surface area contributed by atoms with Crippen LogP contribution in [0.25, 0.3) is 22.2 Å². The number of aryl methyl sites for hydroxylation is 1. The molecule has 4 rings (SSSR count). The van der Waals surface area contributed by atoms with Crippen LogP contribution >= 0.6 is 11.3 Å². The summed E-state index contributed by atoms with van der Waals surface area (Å²) in [5.41, 5.74) is 8.24. The number of thiophene rings is 1. The summed E-state index contributed by atoms with van der Waals surface area (Å²) >= 11 is 1.59. The summed E-state index contributed by atoms with van der Waals surface area (Å²) in [7, 11) is 0. The number of rotatable bonds is 6. The van der Waals surface area contributed by atoms with E-state index < -0.39 is 0 Å². The van der Waals surface area contributed by atoms with E-state index in [0.717, 1.165) is 39.0 Å². The number of para-hydroxylation sites is 1. The molecule has 1 atom stereocenters. The molecule has 5 heteroatoms. The Kier molecular flexibility index (Phi) is 6.23. The lowest BCUT2D eigenvalue weighted by atomic mass is 9.96. The highest BCUT2D eigenvalue weighted by Gasteiger charge is 2.14. The monoisotopic (exact) mass is 427 g/mol. The van der Waals surface area contributed by atoms with Crippen molar-refractivity contribution in [1.82, 2.24) is 10.4 Å². The molecule has 0 bridgehead atoms. The standard InChI is InChI=1S/C26H25N3OS/c1-4-17(2)19-9-11-20(12-10-19)24-15-22(21-7-5-6-8-23(21)28-24)26(30)29-27-16-25-18(3)13-14-31-25/h5-17H,4H2,1-3H3,(H,29,30). The first-order valence-electron chi connectivity index (χ1n) is 10.4. The summed E-state index contributed by atoms with van der Waals surface area (Å²) < 4.78 is 0. The van der Waals surface area contributed by atoms with Crippen LogP contribution in [0.4, 0.5) is 0 Å². The Hall–Kier alpha value is -3.31. The zero-order valence-electron chi connectivity index (χ0n) is 17.9. The van der Waals surface area contributed by atoms with Crippen molar-refractivity contribution < 1.29 is 4.79 Å². The number of fused-ring (bicyclic) bond motifs is 1. The van der Waals surface area contributed by atoms with Crippen LogP contribution in [0.5, 0.6) is 0 Å². The van der Waals surface area contributed by atoms with Gasteiger partial charge in [0.15, 0.2) is 0 Å². The van der Waals surface area contributed by atoms with Gasteiger partial charge in [-0.25, -0.2) is 10.4 Å². The van der Waals surface area contributed by atoms with E-state index in [-0.39, 0.29) is 5.91 Å². The molecule has 1 N–H and O–H groups in total. The van der Waals surface area contributed by atoms with Crippen molar-refractivity contribution in [2.75, 3.05) is 0 Å². The molecule has 1 amide bonds. The van der Waals surface area contributed by atoms with Crippen molar-refractivity contribution in [2.45, 2.75) is 33.1 Å². The van der Waals surface area contributed by atoms with E-state index in [1.807, 2.05) is 48.7 Å². The van der Waals surface area contributed by atoms with Crippen molar-refractivity contribution in [3.63, 3.8) is 0 Å². The lowest BCUT2D eigenvalue weighted by Gasteiger charge is -2.11. The second-order valence-corrected chi connectivity index (χ2v) is 8.62. The maximum Gasteiger partial charge on any atom is 0.272 e. The summed E-state index contributed by atoms with van der Waals surface area (Å²) in [6.45, 7) is 6.44. The van der Waals surface area contributed by atoms with E-state index in [2.05, 4.69) is 48.6 Å². The van der Waals surface area contributed by atoms with Gasteiger partial charge in [-0.1, -0.05) is 56.3 Å². The lowest BCUT2D eigenvalue weighted by Crippen LogP contribution is -2.18. The van der Waals surface area contributed by atoms with Gasteiger partial charge in [-0.05, 0) is 54.0 Å². The zero-order chi connectivity index (χ0) is 21.8. The second-order valence-electron chi connectivity index (χ2n) is 7.67. The smallest absolute Gasteiger partial charge is 0.267 e. The third-order valence-corrected chi connectivity index (χ3v) is 6.55. The summed E-state index contributed by atoms with van der Waals surface area (Å²) in [6.07, 6.45) is 2.79. The van der Waals surface area contributed by atoms with E-state index in [4.69, 9.17) is 4.98 Å². The molecule has 2 aromatic carbocycles. The van der Waals surface area contributed by atoms with Gasteiger partial charge < -0.3 is 0 Å². The number of nitrogens with one attached hydrogen (secondary N) is 1. The number of hydrogen-bond donors (Lipinski definition) is 1. The van der Waals surface area contributed by atoms with Crippen molar-refractivity contribution in [3.05, 3.63) is 87.6 Å². The molecule has 4 aromatic rings. The number of carbonyl (C=O) groups excluding carboxylic acids is 1. The van der Waals surface area contributed by atoms with Gasteiger partial charge in [0.2, 0.25) is 0 Å². The highest BCUT2D eigenvalue weighted by molar-refractivity contribution is 7.11. The number of nitrogens with zero attached hydrogens (tertiary/aromatic N) is 2. The third kappa shape index (κ3) is 4.57. The van der Waals surface area contributed by atoms with Crippen molar-refractivity contribution in [3.8, 4) is 11.3 Å². The molecule has 0 aliphatic rings. The second kappa shape index (κ2) is 9.23. The summed E-state index contributed by atoms with van der Waals surface area (Å²) in [6, 6.07) is 20.0. The molecular weight excluding hydrogens is 402 g/mol. The Morgan fingerprint density at radius 2 is 1.94 bits per heavy atom. The number of carbonyl (C=O) groups is 1. The highest BCUT2D eigenvalue weighted by atomic mass is 32.1. The topological polar surface area (TPSA) is 54.4 Å². The number of hydrazone groups is 1. The fourth-order valence-corrected chi connectivity index (χ4v) is 4.24. The van der Waals surface area contributed by atoms with Gasteiger partial charge in [-0.3, -0.25) is 4.79 Å². The lowest BCUT2D eigenvalue weighted by molar-refractivity contribution is 0.0956. The average molecular weight is 428 g/mol. The van der Waals surface area contributed by atoms with Gasteiger partial charge in [-0.2, -0.15) is 5.10 Å². The number of hydrogen-bond acceptors (Lipinski definition) is 4. The molecule has 156 valence electrons. The Morgan fingerprint density at radius 3 is 2.65 bits per heavy atom. The SMILES string of the molecule is CCC(C)c1ccc(-c2cc(C(=O)NN=Cc3sccc3C)c3ccccc3n2)cc1.